The minimum absolute atomic E-state index is 0.00988. The summed E-state index contributed by atoms with van der Waals surface area (Å²) in [5.41, 5.74) is 22.4. The SMILES string of the molecule is CC(C)(C)c1ccc(N(c2ccc(C(C)(C)C)cc2)c2ccc3c(c2)B2c4c(cc5oc6ccccc6c5c4-c4cc(C(C)(C)C)cc5c6cc(C(C)(C)C)ccc6n2c45)N3c2cccc3c2oc2ccccc23)cc1. The quantitative estimate of drug-likeness (QED) is 0.165. The highest BCUT2D eigenvalue weighted by molar-refractivity contribution is 6.90. The maximum atomic E-state index is 7.07. The van der Waals surface area contributed by atoms with Crippen molar-refractivity contribution in [3.63, 3.8) is 0 Å². The third kappa shape index (κ3) is 6.84. The van der Waals surface area contributed by atoms with Gasteiger partial charge in [-0.25, -0.2) is 0 Å². The van der Waals surface area contributed by atoms with E-state index >= 15 is 0 Å². The van der Waals surface area contributed by atoms with Crippen molar-refractivity contribution in [2.75, 3.05) is 9.80 Å². The van der Waals surface area contributed by atoms with Crippen molar-refractivity contribution in [3.8, 4) is 11.1 Å². The van der Waals surface area contributed by atoms with E-state index in [9.17, 15) is 0 Å². The zero-order valence-electron chi connectivity index (χ0n) is 45.9. The number of hydrogen-bond donors (Lipinski definition) is 0. The van der Waals surface area contributed by atoms with Gasteiger partial charge in [-0.2, -0.15) is 0 Å². The van der Waals surface area contributed by atoms with Crippen molar-refractivity contribution >= 4 is 118 Å². The van der Waals surface area contributed by atoms with E-state index in [1.54, 1.807) is 0 Å². The van der Waals surface area contributed by atoms with Crippen LogP contribution in [0, 0.1) is 0 Å². The lowest BCUT2D eigenvalue weighted by Gasteiger charge is -2.41. The molecule has 0 atom stereocenters. The molecule has 0 amide bonds. The molecule has 0 spiro atoms. The summed E-state index contributed by atoms with van der Waals surface area (Å²) in [7, 11) is 0. The number of rotatable bonds is 4. The first-order valence-corrected chi connectivity index (χ1v) is 27.2. The van der Waals surface area contributed by atoms with Gasteiger partial charge in [-0.05, 0) is 145 Å². The number of para-hydroxylation sites is 3. The van der Waals surface area contributed by atoms with E-state index in [0.29, 0.717) is 0 Å². The van der Waals surface area contributed by atoms with Crippen molar-refractivity contribution in [2.24, 2.45) is 0 Å². The van der Waals surface area contributed by atoms with E-state index in [-0.39, 0.29) is 28.5 Å². The van der Waals surface area contributed by atoms with Gasteiger partial charge in [-0.3, -0.25) is 0 Å². The van der Waals surface area contributed by atoms with Crippen molar-refractivity contribution < 1.29 is 8.83 Å². The Balaban J connectivity index is 1.15. The van der Waals surface area contributed by atoms with Crippen LogP contribution in [0.2, 0.25) is 0 Å². The number of fused-ring (bicyclic) bond motifs is 14. The molecule has 0 saturated carbocycles. The Morgan fingerprint density at radius 3 is 1.62 bits per heavy atom. The third-order valence-corrected chi connectivity index (χ3v) is 16.8. The summed E-state index contributed by atoms with van der Waals surface area (Å²) in [6.45, 7) is 27.5. The van der Waals surface area contributed by atoms with Gasteiger partial charge in [-0.15, -0.1) is 0 Å². The molecule has 9 aromatic carbocycles. The topological polar surface area (TPSA) is 37.7 Å². The maximum absolute atomic E-state index is 7.07. The smallest absolute Gasteiger partial charge is 0.333 e. The van der Waals surface area contributed by atoms with Gasteiger partial charge in [0.1, 0.15) is 16.7 Å². The Hall–Kier alpha value is -7.96. The summed E-state index contributed by atoms with van der Waals surface area (Å²) in [4.78, 5) is 4.95. The van der Waals surface area contributed by atoms with Crippen LogP contribution in [0.1, 0.15) is 105 Å². The van der Waals surface area contributed by atoms with Crippen LogP contribution in [-0.4, -0.2) is 11.3 Å². The van der Waals surface area contributed by atoms with Crippen molar-refractivity contribution in [1.29, 1.82) is 0 Å². The number of furan rings is 2. The lowest BCUT2D eigenvalue weighted by molar-refractivity contribution is 0.590. The predicted octanol–water partition coefficient (Wildman–Crippen LogP) is 18.7. The lowest BCUT2D eigenvalue weighted by Crippen LogP contribution is -2.56. The number of aromatic nitrogens is 1. The van der Waals surface area contributed by atoms with Crippen molar-refractivity contribution in [1.82, 2.24) is 4.48 Å². The summed E-state index contributed by atoms with van der Waals surface area (Å²) in [5.74, 6) is 0. The highest BCUT2D eigenvalue weighted by atomic mass is 16.3. The van der Waals surface area contributed by atoms with E-state index in [1.807, 2.05) is 0 Å². The predicted molar refractivity (Wildman–Crippen MR) is 324 cm³/mol. The first kappa shape index (κ1) is 46.6. The molecule has 0 radical (unpaired) electrons. The summed E-state index contributed by atoms with van der Waals surface area (Å²) in [5, 5.41) is 7.03. The highest BCUT2D eigenvalue weighted by Crippen LogP contribution is 2.53. The Labute approximate surface area is 446 Å². The number of hydrogen-bond acceptors (Lipinski definition) is 4. The van der Waals surface area contributed by atoms with Gasteiger partial charge in [-0.1, -0.05) is 162 Å². The van der Waals surface area contributed by atoms with Gasteiger partial charge in [0.25, 0.3) is 0 Å². The first-order valence-electron chi connectivity index (χ1n) is 27.2. The fraction of sp³-hybridized carbons (Fsp3) is 0.229. The molecule has 2 aliphatic rings. The molecule has 12 aromatic rings. The average Bonchev–Trinajstić information content (AvgIpc) is 4.19. The molecule has 0 fully saturated rings. The van der Waals surface area contributed by atoms with Crippen LogP contribution in [0.15, 0.2) is 179 Å². The molecule has 0 unspecified atom stereocenters. The number of anilines is 6. The molecular formula is C70H64BN3O2. The van der Waals surface area contributed by atoms with Crippen LogP contribution in [0.25, 0.3) is 76.8 Å². The van der Waals surface area contributed by atoms with E-state index in [2.05, 4.69) is 267 Å². The van der Waals surface area contributed by atoms with E-state index in [4.69, 9.17) is 8.83 Å². The molecule has 14 rings (SSSR count). The highest BCUT2D eigenvalue weighted by Gasteiger charge is 2.46. The van der Waals surface area contributed by atoms with Crippen LogP contribution in [0.3, 0.4) is 0 Å². The standard InChI is InChI=1S/C70H64BN3O2/c1-67(2,3)41-24-29-45(30-25-41)72(46-31-26-42(27-32-46)68(4,5)6)47-33-35-56-54(39-47)71-64-58(73(56)57-21-17-20-49-48-18-13-15-22-59(48)76-66(49)57)40-61-62(50-19-14-16-23-60(50)75-61)63(64)53-38-44(70(10,11)12)37-52-51-36-43(69(7,8)9)28-34-55(51)74(71)65(52)53/h13-40H,1-12H3. The van der Waals surface area contributed by atoms with Crippen LogP contribution >= 0.6 is 0 Å². The van der Waals surface area contributed by atoms with Gasteiger partial charge >= 0.3 is 6.85 Å². The Morgan fingerprint density at radius 1 is 0.408 bits per heavy atom. The lowest BCUT2D eigenvalue weighted by atomic mass is 9.44. The van der Waals surface area contributed by atoms with Crippen LogP contribution in [-0.2, 0) is 21.7 Å². The molecule has 6 heteroatoms. The molecular weight excluding hydrogens is 926 g/mol. The van der Waals surface area contributed by atoms with Crippen molar-refractivity contribution in [3.05, 3.63) is 192 Å². The second-order valence-corrected chi connectivity index (χ2v) is 25.8. The molecule has 76 heavy (non-hydrogen) atoms. The zero-order chi connectivity index (χ0) is 52.5. The minimum atomic E-state index is -0.231. The molecule has 3 aromatic heterocycles. The Morgan fingerprint density at radius 2 is 0.974 bits per heavy atom. The molecule has 2 aliphatic heterocycles. The molecule has 5 heterocycles. The fourth-order valence-corrected chi connectivity index (χ4v) is 12.7. The van der Waals surface area contributed by atoms with Crippen LogP contribution in [0.5, 0.6) is 0 Å². The van der Waals surface area contributed by atoms with Gasteiger partial charge in [0, 0.05) is 83.4 Å². The van der Waals surface area contributed by atoms with Gasteiger partial charge in [0.05, 0.1) is 5.69 Å². The van der Waals surface area contributed by atoms with Crippen molar-refractivity contribution in [2.45, 2.75) is 105 Å². The number of benzene rings is 9. The molecule has 374 valence electrons. The second-order valence-electron chi connectivity index (χ2n) is 25.8. The summed E-state index contributed by atoms with van der Waals surface area (Å²) >= 11 is 0. The third-order valence-electron chi connectivity index (χ3n) is 16.8. The Bertz CT molecular complexity index is 4330. The average molecular weight is 990 g/mol. The second kappa shape index (κ2) is 15.8. The van der Waals surface area contributed by atoms with Gasteiger partial charge in [0.2, 0.25) is 0 Å². The monoisotopic (exact) mass is 990 g/mol. The Kier molecular flexibility index (Phi) is 9.68. The number of nitrogens with zero attached hydrogens (tertiary/aromatic N) is 3. The largest absolute Gasteiger partial charge is 0.456 e. The van der Waals surface area contributed by atoms with E-state index in [1.165, 1.54) is 66.1 Å². The normalized spacial score (nSPS) is 13.7. The minimum Gasteiger partial charge on any atom is -0.456 e. The molecule has 5 nitrogen and oxygen atoms in total. The van der Waals surface area contributed by atoms with E-state index in [0.717, 1.165) is 78.0 Å². The van der Waals surface area contributed by atoms with Crippen LogP contribution < -0.4 is 20.7 Å². The molecule has 0 bridgehead atoms. The molecule has 0 N–H and O–H groups in total. The molecule has 0 aliphatic carbocycles. The summed E-state index contributed by atoms with van der Waals surface area (Å²) in [6.07, 6.45) is 0. The molecule has 0 saturated heterocycles. The van der Waals surface area contributed by atoms with Crippen LogP contribution in [0.4, 0.5) is 34.1 Å². The fourth-order valence-electron chi connectivity index (χ4n) is 12.7. The maximum Gasteiger partial charge on any atom is 0.333 e. The van der Waals surface area contributed by atoms with Gasteiger partial charge in [0.15, 0.2) is 5.58 Å². The van der Waals surface area contributed by atoms with E-state index < -0.39 is 0 Å². The first-order chi connectivity index (χ1) is 36.2. The zero-order valence-corrected chi connectivity index (χ0v) is 45.9. The summed E-state index contributed by atoms with van der Waals surface area (Å²) < 4.78 is 16.8. The summed E-state index contributed by atoms with van der Waals surface area (Å²) in [6, 6.07) is 63.9. The van der Waals surface area contributed by atoms with Gasteiger partial charge < -0.3 is 23.1 Å².